The van der Waals surface area contributed by atoms with Crippen molar-refractivity contribution in [1.82, 2.24) is 15.6 Å². The molecule has 0 saturated heterocycles. The van der Waals surface area contributed by atoms with Crippen molar-refractivity contribution in [1.29, 1.82) is 0 Å². The number of aromatic nitrogens is 1. The second-order valence-corrected chi connectivity index (χ2v) is 14.1. The van der Waals surface area contributed by atoms with E-state index in [9.17, 15) is 9.59 Å². The summed E-state index contributed by atoms with van der Waals surface area (Å²) in [6.45, 7) is 5.03. The number of hydrogen-bond donors (Lipinski definition) is 2. The third-order valence-electron chi connectivity index (χ3n) is 9.65. The van der Waals surface area contributed by atoms with Gasteiger partial charge in [0, 0.05) is 30.4 Å². The number of nitrogens with one attached hydrogen (secondary N) is 2. The Morgan fingerprint density at radius 1 is 0.907 bits per heavy atom. The molecular formula is C42H39Cl2N3O7. The third-order valence-corrected chi connectivity index (χ3v) is 10.4. The van der Waals surface area contributed by atoms with E-state index in [1.54, 1.807) is 18.3 Å². The molecule has 0 saturated carbocycles. The van der Waals surface area contributed by atoms with E-state index in [4.69, 9.17) is 46.9 Å². The molecule has 0 unspecified atom stereocenters. The summed E-state index contributed by atoms with van der Waals surface area (Å²) in [5, 5.41) is 7.22. The Hall–Kier alpha value is -5.29. The van der Waals surface area contributed by atoms with Crippen molar-refractivity contribution < 1.29 is 33.3 Å². The molecule has 278 valence electrons. The number of ether oxygens (including phenoxy) is 5. The van der Waals surface area contributed by atoms with E-state index < -0.39 is 18.1 Å². The van der Waals surface area contributed by atoms with Gasteiger partial charge in [0.15, 0.2) is 17.6 Å². The monoisotopic (exact) mass is 767 g/mol. The van der Waals surface area contributed by atoms with Gasteiger partial charge in [0.2, 0.25) is 5.91 Å². The largest absolute Gasteiger partial charge is 0.489 e. The molecule has 7 rings (SSSR count). The molecule has 4 aromatic carbocycles. The van der Waals surface area contributed by atoms with Crippen LogP contribution in [0.1, 0.15) is 45.2 Å². The normalized spacial score (nSPS) is 16.5. The van der Waals surface area contributed by atoms with Gasteiger partial charge in [-0.1, -0.05) is 53.5 Å². The molecule has 0 spiro atoms. The highest BCUT2D eigenvalue weighted by molar-refractivity contribution is 6.42. The Morgan fingerprint density at radius 2 is 1.65 bits per heavy atom. The number of benzene rings is 4. The number of carbonyl (C=O) groups is 2. The van der Waals surface area contributed by atoms with Crippen molar-refractivity contribution in [3.8, 4) is 28.7 Å². The van der Waals surface area contributed by atoms with Crippen LogP contribution in [0, 0.1) is 13.8 Å². The molecule has 3 atom stereocenters. The van der Waals surface area contributed by atoms with E-state index in [0.717, 1.165) is 44.8 Å². The lowest BCUT2D eigenvalue weighted by atomic mass is 9.94. The maximum Gasteiger partial charge on any atom is 0.328 e. The van der Waals surface area contributed by atoms with Crippen LogP contribution in [0.5, 0.6) is 28.7 Å². The zero-order chi connectivity index (χ0) is 37.8. The first kappa shape index (κ1) is 37.0. The van der Waals surface area contributed by atoms with Gasteiger partial charge in [0.05, 0.1) is 23.2 Å². The van der Waals surface area contributed by atoms with Crippen LogP contribution < -0.4 is 29.6 Å². The number of fused-ring (bicyclic) bond motifs is 2. The number of hydrogen-bond acceptors (Lipinski definition) is 9. The smallest absolute Gasteiger partial charge is 0.328 e. The maximum absolute atomic E-state index is 13.5. The predicted molar refractivity (Wildman–Crippen MR) is 205 cm³/mol. The highest BCUT2D eigenvalue weighted by Gasteiger charge is 2.31. The van der Waals surface area contributed by atoms with Crippen molar-refractivity contribution in [3.05, 3.63) is 140 Å². The average molecular weight is 769 g/mol. The Labute approximate surface area is 323 Å². The molecule has 0 bridgehead atoms. The number of halogens is 2. The molecule has 0 radical (unpaired) electrons. The number of methoxy groups -OCH3 is 1. The summed E-state index contributed by atoms with van der Waals surface area (Å²) in [7, 11) is 1.31. The SMILES string of the molecule is COC(=O)[C@H](Cc1ccc(Oc2ccnc(C)c2C)cc1)NC(=O)[C@@H]1Cc2cc3c(cc2CN1)O[C@@H](c1ccc(OCc2ccc(Cl)c(Cl)c2)cc1)CO3. The summed E-state index contributed by atoms with van der Waals surface area (Å²) in [6.07, 6.45) is 2.08. The molecular weight excluding hydrogens is 729 g/mol. The molecule has 12 heteroatoms. The van der Waals surface area contributed by atoms with Gasteiger partial charge in [-0.25, -0.2) is 4.79 Å². The number of aryl methyl sites for hydroxylation is 1. The van der Waals surface area contributed by atoms with Gasteiger partial charge in [-0.05, 0) is 103 Å². The summed E-state index contributed by atoms with van der Waals surface area (Å²) in [4.78, 5) is 30.6. The van der Waals surface area contributed by atoms with Crippen LogP contribution in [0.15, 0.2) is 91.1 Å². The minimum absolute atomic E-state index is 0.254. The lowest BCUT2D eigenvalue weighted by Gasteiger charge is -2.31. The number of esters is 1. The Balaban J connectivity index is 0.942. The lowest BCUT2D eigenvalue weighted by molar-refractivity contribution is -0.145. The van der Waals surface area contributed by atoms with Gasteiger partial charge >= 0.3 is 5.97 Å². The second-order valence-electron chi connectivity index (χ2n) is 13.3. The second kappa shape index (κ2) is 16.4. The molecule has 1 aromatic heterocycles. The Kier molecular flexibility index (Phi) is 11.2. The summed E-state index contributed by atoms with van der Waals surface area (Å²) in [5.41, 5.74) is 6.56. The first-order valence-corrected chi connectivity index (χ1v) is 18.3. The van der Waals surface area contributed by atoms with Crippen LogP contribution >= 0.6 is 23.2 Å². The van der Waals surface area contributed by atoms with E-state index in [2.05, 4.69) is 15.6 Å². The molecule has 2 aliphatic rings. The first-order chi connectivity index (χ1) is 26.1. The van der Waals surface area contributed by atoms with Crippen LogP contribution in [0.25, 0.3) is 0 Å². The fourth-order valence-electron chi connectivity index (χ4n) is 6.40. The van der Waals surface area contributed by atoms with Crippen LogP contribution in [0.4, 0.5) is 0 Å². The average Bonchev–Trinajstić information content (AvgIpc) is 3.19. The zero-order valence-electron chi connectivity index (χ0n) is 30.0. The third kappa shape index (κ3) is 8.57. The van der Waals surface area contributed by atoms with Crippen LogP contribution in [0.3, 0.4) is 0 Å². The minimum atomic E-state index is -0.872. The molecule has 5 aromatic rings. The van der Waals surface area contributed by atoms with Gasteiger partial charge in [0.25, 0.3) is 0 Å². The standard InChI is InChI=1S/C42H39Cl2N3O7/c1-24-25(2)45-15-14-37(24)53-32-9-4-26(5-10-32)17-36(42(49)50-3)47-41(48)35-18-29-19-38-39(20-30(29)21-46-35)54-40(23-52-38)28-7-11-31(12-8-28)51-22-27-6-13-33(43)34(44)16-27/h4-16,19-20,35-36,40,46H,17-18,21-23H2,1-3H3,(H,47,48)/t35-,36-,40+/m0/s1. The molecule has 1 amide bonds. The van der Waals surface area contributed by atoms with Crippen molar-refractivity contribution in [2.75, 3.05) is 13.7 Å². The number of amides is 1. The summed E-state index contributed by atoms with van der Waals surface area (Å²) >= 11 is 12.1. The number of rotatable bonds is 11. The van der Waals surface area contributed by atoms with E-state index in [0.29, 0.717) is 59.2 Å². The molecule has 0 aliphatic carbocycles. The molecule has 10 nitrogen and oxygen atoms in total. The molecule has 2 aliphatic heterocycles. The van der Waals surface area contributed by atoms with Crippen LogP contribution in [-0.4, -0.2) is 42.7 Å². The highest BCUT2D eigenvalue weighted by Crippen LogP contribution is 2.40. The molecule has 2 N–H and O–H groups in total. The van der Waals surface area contributed by atoms with Crippen molar-refractivity contribution >= 4 is 35.1 Å². The van der Waals surface area contributed by atoms with Gasteiger partial charge in [-0.15, -0.1) is 0 Å². The molecule has 3 heterocycles. The van der Waals surface area contributed by atoms with Crippen molar-refractivity contribution in [2.45, 2.75) is 58.0 Å². The van der Waals surface area contributed by atoms with Gasteiger partial charge in [0.1, 0.15) is 36.5 Å². The van der Waals surface area contributed by atoms with E-state index in [1.165, 1.54) is 7.11 Å². The zero-order valence-corrected chi connectivity index (χ0v) is 31.5. The summed E-state index contributed by atoms with van der Waals surface area (Å²) < 4.78 is 29.6. The number of pyridine rings is 1. The van der Waals surface area contributed by atoms with Crippen molar-refractivity contribution in [2.24, 2.45) is 0 Å². The van der Waals surface area contributed by atoms with Gasteiger partial charge in [-0.2, -0.15) is 0 Å². The van der Waals surface area contributed by atoms with E-state index >= 15 is 0 Å². The minimum Gasteiger partial charge on any atom is -0.489 e. The van der Waals surface area contributed by atoms with Crippen molar-refractivity contribution in [3.63, 3.8) is 0 Å². The maximum atomic E-state index is 13.5. The molecule has 0 fully saturated rings. The van der Waals surface area contributed by atoms with Crippen LogP contribution in [-0.2, 0) is 40.3 Å². The highest BCUT2D eigenvalue weighted by atomic mass is 35.5. The predicted octanol–water partition coefficient (Wildman–Crippen LogP) is 7.80. The number of nitrogens with zero attached hydrogens (tertiary/aromatic N) is 1. The first-order valence-electron chi connectivity index (χ1n) is 17.6. The quantitative estimate of drug-likeness (QED) is 0.130. The Bertz CT molecular complexity index is 2160. The topological polar surface area (TPSA) is 117 Å². The van der Waals surface area contributed by atoms with Crippen LogP contribution in [0.2, 0.25) is 10.0 Å². The Morgan fingerprint density at radius 3 is 2.41 bits per heavy atom. The van der Waals surface area contributed by atoms with E-state index in [1.807, 2.05) is 86.6 Å². The lowest BCUT2D eigenvalue weighted by Crippen LogP contribution is -2.53. The van der Waals surface area contributed by atoms with Gasteiger partial charge in [-0.3, -0.25) is 9.78 Å². The number of carbonyl (C=O) groups excluding carboxylic acids is 2. The summed E-state index contributed by atoms with van der Waals surface area (Å²) in [5.74, 6) is 2.55. The van der Waals surface area contributed by atoms with Gasteiger partial charge < -0.3 is 34.3 Å². The van der Waals surface area contributed by atoms with E-state index in [-0.39, 0.29) is 18.4 Å². The fraction of sp³-hybridized carbons (Fsp3) is 0.262. The summed E-state index contributed by atoms with van der Waals surface area (Å²) in [6, 6.07) is 24.9. The molecule has 54 heavy (non-hydrogen) atoms. The fourth-order valence-corrected chi connectivity index (χ4v) is 6.72.